The lowest BCUT2D eigenvalue weighted by molar-refractivity contribution is 0.201. The lowest BCUT2D eigenvalue weighted by Gasteiger charge is -2.35. The zero-order valence-corrected chi connectivity index (χ0v) is 11.9. The van der Waals surface area contributed by atoms with Gasteiger partial charge in [0.1, 0.15) is 0 Å². The van der Waals surface area contributed by atoms with Crippen molar-refractivity contribution in [3.63, 3.8) is 0 Å². The van der Waals surface area contributed by atoms with Gasteiger partial charge >= 0.3 is 0 Å². The van der Waals surface area contributed by atoms with E-state index in [1.54, 1.807) is 0 Å². The fourth-order valence-electron chi connectivity index (χ4n) is 4.09. The van der Waals surface area contributed by atoms with Gasteiger partial charge in [-0.1, -0.05) is 19.8 Å². The highest BCUT2D eigenvalue weighted by Gasteiger charge is 2.43. The molecule has 2 fully saturated rings. The van der Waals surface area contributed by atoms with Crippen LogP contribution in [0.25, 0.3) is 0 Å². The molecule has 94 valence electrons. The Hall–Kier alpha value is 0.580. The van der Waals surface area contributed by atoms with Crippen LogP contribution in [0.15, 0.2) is 0 Å². The molecule has 0 aromatic heterocycles. The third-order valence-electron chi connectivity index (χ3n) is 4.93. The average molecular weight is 263 g/mol. The van der Waals surface area contributed by atoms with Gasteiger partial charge in [0, 0.05) is 11.8 Å². The molecule has 0 amide bonds. The summed E-state index contributed by atoms with van der Waals surface area (Å²) < 4.78 is 0. The Morgan fingerprint density at radius 3 is 2.31 bits per heavy atom. The standard InChI is InChI=1S/C14H24Cl2/c1-2-5-14(9-15,10-16)8-13-7-11-3-4-12(13)6-11/h11-13H,2-10H2,1H3. The lowest BCUT2D eigenvalue weighted by Crippen LogP contribution is -2.30. The first-order valence-electron chi connectivity index (χ1n) is 6.85. The predicted molar refractivity (Wildman–Crippen MR) is 72.3 cm³/mol. The van der Waals surface area contributed by atoms with Crippen LogP contribution in [0, 0.1) is 23.2 Å². The van der Waals surface area contributed by atoms with Gasteiger partial charge in [-0.2, -0.15) is 0 Å². The van der Waals surface area contributed by atoms with E-state index >= 15 is 0 Å². The zero-order chi connectivity index (χ0) is 11.6. The van der Waals surface area contributed by atoms with Gasteiger partial charge in [-0.3, -0.25) is 0 Å². The van der Waals surface area contributed by atoms with Crippen molar-refractivity contribution in [3.05, 3.63) is 0 Å². The smallest absolute Gasteiger partial charge is 0.0291 e. The van der Waals surface area contributed by atoms with Gasteiger partial charge in [-0.15, -0.1) is 23.2 Å². The molecule has 0 aromatic carbocycles. The molecule has 0 spiro atoms. The van der Waals surface area contributed by atoms with Crippen LogP contribution >= 0.6 is 23.2 Å². The molecule has 16 heavy (non-hydrogen) atoms. The van der Waals surface area contributed by atoms with Gasteiger partial charge in [0.2, 0.25) is 0 Å². The van der Waals surface area contributed by atoms with E-state index in [0.29, 0.717) is 0 Å². The highest BCUT2D eigenvalue weighted by atomic mass is 35.5. The topological polar surface area (TPSA) is 0 Å². The summed E-state index contributed by atoms with van der Waals surface area (Å²) >= 11 is 12.4. The summed E-state index contributed by atoms with van der Waals surface area (Å²) in [5.41, 5.74) is 0.229. The minimum absolute atomic E-state index is 0.229. The van der Waals surface area contributed by atoms with Crippen molar-refractivity contribution >= 4 is 23.2 Å². The molecule has 0 radical (unpaired) electrons. The van der Waals surface area contributed by atoms with Crippen LogP contribution in [0.2, 0.25) is 0 Å². The first kappa shape index (κ1) is 13.0. The minimum atomic E-state index is 0.229. The van der Waals surface area contributed by atoms with Crippen molar-refractivity contribution in [1.82, 2.24) is 0 Å². The number of rotatable bonds is 6. The van der Waals surface area contributed by atoms with Crippen LogP contribution < -0.4 is 0 Å². The van der Waals surface area contributed by atoms with Gasteiger partial charge in [-0.25, -0.2) is 0 Å². The van der Waals surface area contributed by atoms with Gasteiger partial charge in [-0.05, 0) is 55.3 Å². The highest BCUT2D eigenvalue weighted by Crippen LogP contribution is 2.52. The van der Waals surface area contributed by atoms with E-state index in [9.17, 15) is 0 Å². The second-order valence-electron chi connectivity index (χ2n) is 6.16. The molecular formula is C14H24Cl2. The van der Waals surface area contributed by atoms with Gasteiger partial charge in [0.05, 0.1) is 0 Å². The zero-order valence-electron chi connectivity index (χ0n) is 10.4. The van der Waals surface area contributed by atoms with Crippen molar-refractivity contribution in [2.45, 2.75) is 51.9 Å². The molecule has 2 saturated carbocycles. The summed E-state index contributed by atoms with van der Waals surface area (Å²) in [6.45, 7) is 2.24. The molecule has 0 aliphatic heterocycles. The van der Waals surface area contributed by atoms with Crippen LogP contribution in [0.3, 0.4) is 0 Å². The Morgan fingerprint density at radius 2 is 1.88 bits per heavy atom. The van der Waals surface area contributed by atoms with Crippen molar-refractivity contribution < 1.29 is 0 Å². The van der Waals surface area contributed by atoms with E-state index in [0.717, 1.165) is 29.5 Å². The fourth-order valence-corrected chi connectivity index (χ4v) is 4.86. The molecule has 3 unspecified atom stereocenters. The van der Waals surface area contributed by atoms with Crippen LogP contribution in [0.1, 0.15) is 51.9 Å². The highest BCUT2D eigenvalue weighted by molar-refractivity contribution is 6.21. The van der Waals surface area contributed by atoms with Gasteiger partial charge in [0.15, 0.2) is 0 Å². The molecule has 2 aliphatic rings. The molecule has 2 aliphatic carbocycles. The molecule has 0 heterocycles. The number of halogens is 2. The second-order valence-corrected chi connectivity index (χ2v) is 6.69. The molecule has 0 saturated heterocycles. The maximum Gasteiger partial charge on any atom is 0.0291 e. The minimum Gasteiger partial charge on any atom is -0.126 e. The normalized spacial score (nSPS) is 33.6. The van der Waals surface area contributed by atoms with Gasteiger partial charge in [0.25, 0.3) is 0 Å². The molecule has 0 N–H and O–H groups in total. The largest absolute Gasteiger partial charge is 0.126 e. The second kappa shape index (κ2) is 5.48. The number of hydrogen-bond donors (Lipinski definition) is 0. The van der Waals surface area contributed by atoms with Crippen molar-refractivity contribution in [2.24, 2.45) is 23.2 Å². The number of alkyl halides is 2. The van der Waals surface area contributed by atoms with Crippen LogP contribution in [-0.2, 0) is 0 Å². The van der Waals surface area contributed by atoms with E-state index in [1.165, 1.54) is 44.9 Å². The molecule has 2 heteroatoms. The third-order valence-corrected chi connectivity index (χ3v) is 6.06. The molecule has 2 rings (SSSR count). The summed E-state index contributed by atoms with van der Waals surface area (Å²) in [7, 11) is 0. The molecule has 3 atom stereocenters. The SMILES string of the molecule is CCCC(CCl)(CCl)CC1CC2CCC1C2. The third kappa shape index (κ3) is 2.53. The van der Waals surface area contributed by atoms with Crippen molar-refractivity contribution in [3.8, 4) is 0 Å². The number of hydrogen-bond acceptors (Lipinski definition) is 0. The van der Waals surface area contributed by atoms with Crippen molar-refractivity contribution in [1.29, 1.82) is 0 Å². The van der Waals surface area contributed by atoms with Crippen LogP contribution in [-0.4, -0.2) is 11.8 Å². The quantitative estimate of drug-likeness (QED) is 0.586. The Balaban J connectivity index is 1.95. The van der Waals surface area contributed by atoms with Crippen LogP contribution in [0.4, 0.5) is 0 Å². The summed E-state index contributed by atoms with van der Waals surface area (Å²) in [4.78, 5) is 0. The summed E-state index contributed by atoms with van der Waals surface area (Å²) in [5, 5.41) is 0. The average Bonchev–Trinajstić information content (AvgIpc) is 2.90. The summed E-state index contributed by atoms with van der Waals surface area (Å²) in [6, 6.07) is 0. The van der Waals surface area contributed by atoms with E-state index in [4.69, 9.17) is 23.2 Å². The molecule has 0 nitrogen and oxygen atoms in total. The lowest BCUT2D eigenvalue weighted by atomic mass is 9.74. The van der Waals surface area contributed by atoms with E-state index in [-0.39, 0.29) is 5.41 Å². The molecular weight excluding hydrogens is 239 g/mol. The maximum atomic E-state index is 6.20. The monoisotopic (exact) mass is 262 g/mol. The maximum absolute atomic E-state index is 6.20. The first-order chi connectivity index (χ1) is 7.73. The Morgan fingerprint density at radius 1 is 1.12 bits per heavy atom. The Kier molecular flexibility index (Phi) is 4.46. The Labute approximate surface area is 110 Å². The van der Waals surface area contributed by atoms with E-state index < -0.39 is 0 Å². The predicted octanol–water partition coefficient (Wildman–Crippen LogP) is 5.08. The van der Waals surface area contributed by atoms with E-state index in [1.807, 2.05) is 0 Å². The van der Waals surface area contributed by atoms with Crippen LogP contribution in [0.5, 0.6) is 0 Å². The van der Waals surface area contributed by atoms with E-state index in [2.05, 4.69) is 6.92 Å². The van der Waals surface area contributed by atoms with Crippen molar-refractivity contribution in [2.75, 3.05) is 11.8 Å². The summed E-state index contributed by atoms with van der Waals surface area (Å²) in [6.07, 6.45) is 9.62. The molecule has 0 aromatic rings. The fraction of sp³-hybridized carbons (Fsp3) is 1.00. The first-order valence-corrected chi connectivity index (χ1v) is 7.92. The number of fused-ring (bicyclic) bond motifs is 2. The van der Waals surface area contributed by atoms with Gasteiger partial charge < -0.3 is 0 Å². The molecule has 2 bridgehead atoms. The summed E-state index contributed by atoms with van der Waals surface area (Å²) in [5.74, 6) is 4.48. The Bertz CT molecular complexity index is 223.